The molecule has 3 nitrogen and oxygen atoms in total. The summed E-state index contributed by atoms with van der Waals surface area (Å²) in [7, 11) is 0. The standard InChI is InChI=1S/C19H14F3NO2/c20-12-3-1-9(2-4-12)17-16(10-5-11(6-10)19(24)25)14-7-13(21)8-15(22)18(14)23-17/h1-4,7-8,10-11,23H,5-6H2,(H,24,25)/t10-,11+. The van der Waals surface area contributed by atoms with E-state index >= 15 is 0 Å². The van der Waals surface area contributed by atoms with E-state index in [0.29, 0.717) is 35.0 Å². The quantitative estimate of drug-likeness (QED) is 0.714. The van der Waals surface area contributed by atoms with Crippen molar-refractivity contribution in [3.8, 4) is 11.3 Å². The molecular formula is C19H14F3NO2. The maximum Gasteiger partial charge on any atom is 0.306 e. The molecule has 1 aliphatic carbocycles. The van der Waals surface area contributed by atoms with Gasteiger partial charge in [0.05, 0.1) is 17.1 Å². The molecule has 6 heteroatoms. The number of benzene rings is 2. The fourth-order valence-corrected chi connectivity index (χ4v) is 3.56. The van der Waals surface area contributed by atoms with Crippen LogP contribution in [0.15, 0.2) is 36.4 Å². The lowest BCUT2D eigenvalue weighted by molar-refractivity contribution is -0.145. The second-order valence-electron chi connectivity index (χ2n) is 6.43. The molecule has 0 aliphatic heterocycles. The first kappa shape index (κ1) is 15.7. The van der Waals surface area contributed by atoms with Gasteiger partial charge in [0.1, 0.15) is 17.5 Å². The molecular weight excluding hydrogens is 331 g/mol. The third-order valence-corrected chi connectivity index (χ3v) is 4.89. The lowest BCUT2D eigenvalue weighted by atomic mass is 9.70. The van der Waals surface area contributed by atoms with Crippen molar-refractivity contribution in [2.45, 2.75) is 18.8 Å². The third kappa shape index (κ3) is 2.58. The monoisotopic (exact) mass is 345 g/mol. The van der Waals surface area contributed by atoms with Gasteiger partial charge in [0.2, 0.25) is 0 Å². The van der Waals surface area contributed by atoms with Gasteiger partial charge in [-0.05, 0) is 60.2 Å². The highest BCUT2D eigenvalue weighted by Crippen LogP contribution is 2.48. The molecule has 1 aromatic heterocycles. The predicted molar refractivity (Wildman–Crippen MR) is 86.7 cm³/mol. The van der Waals surface area contributed by atoms with Crippen molar-refractivity contribution < 1.29 is 23.1 Å². The average Bonchev–Trinajstić information content (AvgIpc) is 2.86. The summed E-state index contributed by atoms with van der Waals surface area (Å²) in [5, 5.41) is 9.51. The maximum atomic E-state index is 14.2. The van der Waals surface area contributed by atoms with Crippen molar-refractivity contribution in [3.05, 3.63) is 59.4 Å². The zero-order valence-electron chi connectivity index (χ0n) is 13.0. The number of rotatable bonds is 3. The van der Waals surface area contributed by atoms with Crippen LogP contribution in [-0.4, -0.2) is 16.1 Å². The zero-order valence-corrected chi connectivity index (χ0v) is 13.0. The van der Waals surface area contributed by atoms with Crippen molar-refractivity contribution in [2.24, 2.45) is 5.92 Å². The summed E-state index contributed by atoms with van der Waals surface area (Å²) in [5.41, 5.74) is 2.09. The van der Waals surface area contributed by atoms with E-state index in [9.17, 15) is 18.0 Å². The molecule has 0 spiro atoms. The summed E-state index contributed by atoms with van der Waals surface area (Å²) in [6, 6.07) is 7.77. The van der Waals surface area contributed by atoms with Crippen LogP contribution in [0.5, 0.6) is 0 Å². The van der Waals surface area contributed by atoms with Crippen molar-refractivity contribution >= 4 is 16.9 Å². The Kier molecular flexibility index (Phi) is 3.56. The van der Waals surface area contributed by atoms with Gasteiger partial charge >= 0.3 is 5.97 Å². The number of nitrogens with one attached hydrogen (secondary N) is 1. The second-order valence-corrected chi connectivity index (χ2v) is 6.43. The van der Waals surface area contributed by atoms with E-state index in [0.717, 1.165) is 6.07 Å². The minimum absolute atomic E-state index is 0.115. The minimum atomic E-state index is -0.864. The molecule has 1 fully saturated rings. The number of carboxylic acid groups (broad SMARTS) is 1. The number of carbonyl (C=O) groups is 1. The molecule has 0 unspecified atom stereocenters. The van der Waals surface area contributed by atoms with Crippen LogP contribution < -0.4 is 0 Å². The largest absolute Gasteiger partial charge is 0.481 e. The number of carboxylic acids is 1. The van der Waals surface area contributed by atoms with Crippen LogP contribution >= 0.6 is 0 Å². The van der Waals surface area contributed by atoms with Crippen molar-refractivity contribution in [3.63, 3.8) is 0 Å². The highest BCUT2D eigenvalue weighted by molar-refractivity contribution is 5.92. The van der Waals surface area contributed by atoms with Crippen LogP contribution in [0.2, 0.25) is 0 Å². The van der Waals surface area contributed by atoms with Crippen LogP contribution in [0.25, 0.3) is 22.2 Å². The smallest absolute Gasteiger partial charge is 0.306 e. The van der Waals surface area contributed by atoms with E-state index < -0.39 is 29.3 Å². The van der Waals surface area contributed by atoms with E-state index in [4.69, 9.17) is 5.11 Å². The molecule has 1 aliphatic rings. The molecule has 0 radical (unpaired) electrons. The molecule has 2 N–H and O–H groups in total. The van der Waals surface area contributed by atoms with E-state index in [1.54, 1.807) is 12.1 Å². The molecule has 0 amide bonds. The summed E-state index contributed by atoms with van der Waals surface area (Å²) >= 11 is 0. The van der Waals surface area contributed by atoms with Crippen LogP contribution in [0.4, 0.5) is 13.2 Å². The Hall–Kier alpha value is -2.76. The highest BCUT2D eigenvalue weighted by atomic mass is 19.1. The molecule has 0 saturated heterocycles. The summed E-state index contributed by atoms with van der Waals surface area (Å²) < 4.78 is 41.1. The number of hydrogen-bond donors (Lipinski definition) is 2. The van der Waals surface area contributed by atoms with Gasteiger partial charge < -0.3 is 10.1 Å². The first-order valence-corrected chi connectivity index (χ1v) is 7.93. The first-order chi connectivity index (χ1) is 11.9. The number of hydrogen-bond acceptors (Lipinski definition) is 1. The molecule has 1 saturated carbocycles. The molecule has 2 aromatic carbocycles. The van der Waals surface area contributed by atoms with Crippen molar-refractivity contribution in [1.82, 2.24) is 4.98 Å². The lowest BCUT2D eigenvalue weighted by Crippen LogP contribution is -2.28. The molecule has 3 aromatic rings. The SMILES string of the molecule is O=C(O)[C@H]1C[C@@H](c2c(-c3ccc(F)cc3)[nH]c3c(F)cc(F)cc32)C1. The van der Waals surface area contributed by atoms with Gasteiger partial charge in [0, 0.05) is 11.5 Å². The number of H-pyrrole nitrogens is 1. The van der Waals surface area contributed by atoms with Gasteiger partial charge in [0.15, 0.2) is 0 Å². The van der Waals surface area contributed by atoms with Gasteiger partial charge in [-0.25, -0.2) is 13.2 Å². The van der Waals surface area contributed by atoms with E-state index in [1.165, 1.54) is 18.2 Å². The summed E-state index contributed by atoms with van der Waals surface area (Å²) in [6.45, 7) is 0. The normalized spacial score (nSPS) is 19.8. The Morgan fingerprint density at radius 3 is 2.36 bits per heavy atom. The molecule has 0 bridgehead atoms. The van der Waals surface area contributed by atoms with E-state index in [-0.39, 0.29) is 11.4 Å². The molecule has 25 heavy (non-hydrogen) atoms. The fraction of sp³-hybridized carbons (Fsp3) is 0.211. The minimum Gasteiger partial charge on any atom is -0.481 e. The van der Waals surface area contributed by atoms with Gasteiger partial charge in [-0.3, -0.25) is 4.79 Å². The zero-order chi connectivity index (χ0) is 17.7. The number of aromatic amines is 1. The molecule has 1 heterocycles. The summed E-state index contributed by atoms with van der Waals surface area (Å²) in [4.78, 5) is 14.1. The fourth-order valence-electron chi connectivity index (χ4n) is 3.56. The predicted octanol–water partition coefficient (Wildman–Crippen LogP) is 4.83. The number of aromatic nitrogens is 1. The van der Waals surface area contributed by atoms with Gasteiger partial charge in [-0.1, -0.05) is 0 Å². The van der Waals surface area contributed by atoms with Crippen LogP contribution in [0, 0.1) is 23.4 Å². The van der Waals surface area contributed by atoms with Crippen molar-refractivity contribution in [1.29, 1.82) is 0 Å². The number of fused-ring (bicyclic) bond motifs is 1. The second kappa shape index (κ2) is 5.65. The Morgan fingerprint density at radius 1 is 1.04 bits per heavy atom. The average molecular weight is 345 g/mol. The van der Waals surface area contributed by atoms with E-state index in [1.807, 2.05) is 0 Å². The topological polar surface area (TPSA) is 53.1 Å². The molecule has 128 valence electrons. The third-order valence-electron chi connectivity index (χ3n) is 4.89. The Morgan fingerprint density at radius 2 is 1.72 bits per heavy atom. The Bertz CT molecular complexity index is 972. The molecule has 4 rings (SSSR count). The lowest BCUT2D eigenvalue weighted by Gasteiger charge is -2.33. The Labute approximate surface area is 141 Å². The van der Waals surface area contributed by atoms with Crippen LogP contribution in [0.3, 0.4) is 0 Å². The number of aliphatic carboxylic acids is 1. The summed E-state index contributed by atoms with van der Waals surface area (Å²) in [5.74, 6) is -3.22. The van der Waals surface area contributed by atoms with Gasteiger partial charge in [-0.2, -0.15) is 0 Å². The van der Waals surface area contributed by atoms with E-state index in [2.05, 4.69) is 4.98 Å². The van der Waals surface area contributed by atoms with Crippen molar-refractivity contribution in [2.75, 3.05) is 0 Å². The summed E-state index contributed by atoms with van der Waals surface area (Å²) in [6.07, 6.45) is 0.823. The maximum absolute atomic E-state index is 14.2. The Balaban J connectivity index is 1.89. The van der Waals surface area contributed by atoms with Crippen LogP contribution in [0.1, 0.15) is 24.3 Å². The van der Waals surface area contributed by atoms with Gasteiger partial charge in [-0.15, -0.1) is 0 Å². The number of halogens is 3. The van der Waals surface area contributed by atoms with Crippen LogP contribution in [-0.2, 0) is 4.79 Å². The highest BCUT2D eigenvalue weighted by Gasteiger charge is 2.38. The first-order valence-electron chi connectivity index (χ1n) is 7.93. The molecule has 0 atom stereocenters. The van der Waals surface area contributed by atoms with Gasteiger partial charge in [0.25, 0.3) is 0 Å².